The Labute approximate surface area is 200 Å². The van der Waals surface area contributed by atoms with Crippen LogP contribution in [0.25, 0.3) is 27.6 Å². The summed E-state index contributed by atoms with van der Waals surface area (Å²) >= 11 is 0. The largest absolute Gasteiger partial charge is 0.416 e. The van der Waals surface area contributed by atoms with Crippen LogP contribution in [0.4, 0.5) is 18.9 Å². The highest BCUT2D eigenvalue weighted by Gasteiger charge is 2.31. The van der Waals surface area contributed by atoms with Crippen LogP contribution in [0, 0.1) is 13.5 Å². The summed E-state index contributed by atoms with van der Waals surface area (Å²) in [7, 11) is 3.76. The van der Waals surface area contributed by atoms with E-state index >= 15 is 0 Å². The number of nitrogens with zero attached hydrogens (tertiary/aromatic N) is 6. The van der Waals surface area contributed by atoms with Gasteiger partial charge in [-0.15, -0.1) is 0 Å². The average Bonchev–Trinajstić information content (AvgIpc) is 3.39. The topological polar surface area (TPSA) is 52.4 Å². The van der Waals surface area contributed by atoms with Crippen molar-refractivity contribution in [1.29, 1.82) is 0 Å². The first kappa shape index (κ1) is 24.0. The first-order valence-electron chi connectivity index (χ1n) is 10.8. The average molecular weight is 480 g/mol. The van der Waals surface area contributed by atoms with Crippen molar-refractivity contribution in [2.75, 3.05) is 20.6 Å². The summed E-state index contributed by atoms with van der Waals surface area (Å²) in [5, 5.41) is 4.41. The predicted octanol–water partition coefficient (Wildman–Crippen LogP) is 4.93. The maximum atomic E-state index is 13.6. The van der Waals surface area contributed by atoms with Crippen LogP contribution in [0.5, 0.6) is 0 Å². The molecule has 0 bridgehead atoms. The lowest BCUT2D eigenvalue weighted by molar-refractivity contribution is -0.137. The number of hydrogen-bond donors (Lipinski definition) is 0. The highest BCUT2D eigenvalue weighted by atomic mass is 19.4. The van der Waals surface area contributed by atoms with Gasteiger partial charge in [-0.25, -0.2) is 14.3 Å². The van der Waals surface area contributed by atoms with Gasteiger partial charge in [0.2, 0.25) is 0 Å². The minimum atomic E-state index is -4.53. The van der Waals surface area contributed by atoms with E-state index in [-0.39, 0.29) is 5.69 Å². The van der Waals surface area contributed by atoms with Crippen molar-refractivity contribution < 1.29 is 13.2 Å². The molecule has 35 heavy (non-hydrogen) atoms. The van der Waals surface area contributed by atoms with Crippen molar-refractivity contribution in [2.24, 2.45) is 0 Å². The first-order valence-corrected chi connectivity index (χ1v) is 10.8. The van der Waals surface area contributed by atoms with E-state index in [0.717, 1.165) is 12.1 Å². The molecule has 10 heteroatoms. The van der Waals surface area contributed by atoms with Gasteiger partial charge in [0.15, 0.2) is 5.69 Å². The van der Waals surface area contributed by atoms with Crippen LogP contribution in [0.2, 0.25) is 0 Å². The van der Waals surface area contributed by atoms with Crippen LogP contribution in [0.1, 0.15) is 11.3 Å². The molecule has 0 saturated carbocycles. The molecule has 0 spiro atoms. The van der Waals surface area contributed by atoms with Crippen molar-refractivity contribution in [2.45, 2.75) is 19.6 Å². The quantitative estimate of drug-likeness (QED) is 0.368. The molecular weight excluding hydrogens is 457 g/mol. The lowest BCUT2D eigenvalue weighted by Gasteiger charge is -2.14. The Balaban J connectivity index is 1.93. The van der Waals surface area contributed by atoms with Crippen molar-refractivity contribution in [3.63, 3.8) is 0 Å². The van der Waals surface area contributed by atoms with E-state index in [2.05, 4.69) is 9.94 Å². The fourth-order valence-corrected chi connectivity index (χ4v) is 3.97. The molecular formula is C25H23F3N6O. The Morgan fingerprint density at radius 3 is 2.40 bits per heavy atom. The molecule has 4 rings (SSSR count). The van der Waals surface area contributed by atoms with Crippen LogP contribution in [-0.4, -0.2) is 44.5 Å². The molecule has 0 amide bonds. The molecule has 0 N–H and O–H groups in total. The fraction of sp³-hybridized carbons (Fsp3) is 0.240. The molecule has 4 aromatic rings. The van der Waals surface area contributed by atoms with Gasteiger partial charge < -0.3 is 4.90 Å². The summed E-state index contributed by atoms with van der Waals surface area (Å²) in [6.07, 6.45) is -2.93. The first-order chi connectivity index (χ1) is 16.6. The van der Waals surface area contributed by atoms with Gasteiger partial charge in [0.25, 0.3) is 0 Å². The third kappa shape index (κ3) is 4.63. The Bertz CT molecular complexity index is 1450. The minimum Gasteiger partial charge on any atom is -0.308 e. The highest BCUT2D eigenvalue weighted by Crippen LogP contribution is 2.32. The molecule has 0 aliphatic carbocycles. The number of imidazole rings is 1. The summed E-state index contributed by atoms with van der Waals surface area (Å²) in [6.45, 7) is 9.74. The molecule has 0 aliphatic heterocycles. The predicted molar refractivity (Wildman–Crippen MR) is 127 cm³/mol. The van der Waals surface area contributed by atoms with Gasteiger partial charge in [-0.05, 0) is 57.4 Å². The molecule has 7 nitrogen and oxygen atoms in total. The van der Waals surface area contributed by atoms with Gasteiger partial charge in [0.05, 0.1) is 46.8 Å². The molecule has 0 aliphatic rings. The summed E-state index contributed by atoms with van der Waals surface area (Å²) in [6, 6.07) is 13.4. The van der Waals surface area contributed by atoms with Crippen LogP contribution in [0.15, 0.2) is 65.6 Å². The normalized spacial score (nSPS) is 11.7. The number of alkyl halides is 3. The van der Waals surface area contributed by atoms with Crippen molar-refractivity contribution >= 4 is 5.69 Å². The van der Waals surface area contributed by atoms with Gasteiger partial charge in [0, 0.05) is 13.1 Å². The van der Waals surface area contributed by atoms with Gasteiger partial charge in [-0.3, -0.25) is 9.13 Å². The number of aromatic nitrogens is 4. The minimum absolute atomic E-state index is 0.139. The monoisotopic (exact) mass is 480 g/mol. The van der Waals surface area contributed by atoms with E-state index < -0.39 is 17.4 Å². The Morgan fingerprint density at radius 1 is 1.06 bits per heavy atom. The third-order valence-corrected chi connectivity index (χ3v) is 5.68. The molecule has 2 heterocycles. The Morgan fingerprint density at radius 2 is 1.77 bits per heavy atom. The summed E-state index contributed by atoms with van der Waals surface area (Å²) in [4.78, 5) is 18.9. The van der Waals surface area contributed by atoms with E-state index in [1.54, 1.807) is 52.7 Å². The zero-order valence-corrected chi connectivity index (χ0v) is 19.4. The fourth-order valence-electron chi connectivity index (χ4n) is 3.97. The second-order valence-corrected chi connectivity index (χ2v) is 8.31. The summed E-state index contributed by atoms with van der Waals surface area (Å²) < 4.78 is 44.6. The molecule has 0 fully saturated rings. The van der Waals surface area contributed by atoms with Gasteiger partial charge in [-0.2, -0.15) is 18.3 Å². The maximum absolute atomic E-state index is 13.6. The molecule has 0 radical (unpaired) electrons. The maximum Gasteiger partial charge on any atom is 0.416 e. The number of rotatable bonds is 6. The van der Waals surface area contributed by atoms with Crippen molar-refractivity contribution in [1.82, 2.24) is 23.8 Å². The molecule has 0 unspecified atom stereocenters. The molecule has 0 atom stereocenters. The molecule has 2 aromatic heterocycles. The number of halogens is 3. The van der Waals surface area contributed by atoms with Crippen molar-refractivity contribution in [3.05, 3.63) is 94.0 Å². The van der Waals surface area contributed by atoms with E-state index in [0.29, 0.717) is 41.5 Å². The number of hydrogen-bond acceptors (Lipinski definition) is 3. The highest BCUT2D eigenvalue weighted by molar-refractivity contribution is 5.63. The number of benzene rings is 2. The second kappa shape index (κ2) is 9.27. The van der Waals surface area contributed by atoms with E-state index in [1.807, 2.05) is 19.0 Å². The van der Waals surface area contributed by atoms with Crippen LogP contribution in [0.3, 0.4) is 0 Å². The second-order valence-electron chi connectivity index (χ2n) is 8.31. The van der Waals surface area contributed by atoms with Gasteiger partial charge >= 0.3 is 11.9 Å². The number of likely N-dealkylation sites (N-methyl/N-ethyl adjacent to an activating group) is 1. The van der Waals surface area contributed by atoms with Crippen LogP contribution < -0.4 is 5.69 Å². The van der Waals surface area contributed by atoms with Crippen LogP contribution in [-0.2, 0) is 12.7 Å². The lowest BCUT2D eigenvalue weighted by Crippen LogP contribution is -2.28. The third-order valence-electron chi connectivity index (χ3n) is 5.68. The van der Waals surface area contributed by atoms with E-state index in [9.17, 15) is 18.0 Å². The summed E-state index contributed by atoms with van der Waals surface area (Å²) in [5.74, 6) is 0. The zero-order valence-electron chi connectivity index (χ0n) is 19.4. The smallest absolute Gasteiger partial charge is 0.308 e. The summed E-state index contributed by atoms with van der Waals surface area (Å²) in [5.41, 5.74) is 1.71. The standard InChI is InChI=1S/C25H23F3N6O/c1-17-23(22-12-13-30-34(22)20-10-8-19(29-2)9-11-20)32(15-14-31(3)4)24(35)33(17)21-7-5-6-18(16-21)25(26,27)28/h5-13,16H,14-15H2,1,3-4H3. The van der Waals surface area contributed by atoms with E-state index in [4.69, 9.17) is 6.57 Å². The molecule has 0 saturated heterocycles. The zero-order chi connectivity index (χ0) is 25.3. The lowest BCUT2D eigenvalue weighted by atomic mass is 10.2. The van der Waals surface area contributed by atoms with Crippen LogP contribution >= 0.6 is 0 Å². The van der Waals surface area contributed by atoms with Gasteiger partial charge in [0.1, 0.15) is 0 Å². The molecule has 2 aromatic carbocycles. The Hall–Kier alpha value is -4.10. The van der Waals surface area contributed by atoms with E-state index in [1.165, 1.54) is 16.7 Å². The molecule has 180 valence electrons. The Kier molecular flexibility index (Phi) is 6.37. The van der Waals surface area contributed by atoms with Gasteiger partial charge in [-0.1, -0.05) is 18.2 Å². The van der Waals surface area contributed by atoms with Crippen molar-refractivity contribution in [3.8, 4) is 22.8 Å². The SMILES string of the molecule is [C-]#[N+]c1ccc(-n2nccc2-c2c(C)n(-c3cccc(C(F)(F)F)c3)c(=O)n2CCN(C)C)cc1.